The molecule has 0 aliphatic carbocycles. The highest BCUT2D eigenvalue weighted by Gasteiger charge is 2.01. The molecule has 1 rings (SSSR count). The highest BCUT2D eigenvalue weighted by Crippen LogP contribution is 2.19. The van der Waals surface area contributed by atoms with Gasteiger partial charge in [-0.2, -0.15) is 0 Å². The molecule has 0 aliphatic heterocycles. The molecule has 1 aromatic carbocycles. The molecule has 1 aromatic rings. The summed E-state index contributed by atoms with van der Waals surface area (Å²) in [5.74, 6) is -0.905. The molecule has 0 saturated heterocycles. The van der Waals surface area contributed by atoms with Crippen LogP contribution in [0, 0.1) is 3.57 Å². The number of carbonyl (C=O) groups is 1. The van der Waals surface area contributed by atoms with Crippen molar-refractivity contribution in [1.82, 2.24) is 0 Å². The van der Waals surface area contributed by atoms with Gasteiger partial charge in [0.05, 0.1) is 0 Å². The van der Waals surface area contributed by atoms with Crippen molar-refractivity contribution < 1.29 is 9.90 Å². The highest BCUT2D eigenvalue weighted by molar-refractivity contribution is 14.1. The van der Waals surface area contributed by atoms with Crippen molar-refractivity contribution in [3.05, 3.63) is 39.5 Å². The standard InChI is InChI=1S/C10H9IO2/c1-7(6-10(12)13)8-4-2-3-5-9(8)11/h2-6H,1H3,(H,12,13). The molecule has 13 heavy (non-hydrogen) atoms. The average Bonchev–Trinajstić information content (AvgIpc) is 2.03. The molecule has 2 nitrogen and oxygen atoms in total. The smallest absolute Gasteiger partial charge is 0.328 e. The highest BCUT2D eigenvalue weighted by atomic mass is 127. The van der Waals surface area contributed by atoms with Crippen molar-refractivity contribution in [1.29, 1.82) is 0 Å². The maximum Gasteiger partial charge on any atom is 0.328 e. The van der Waals surface area contributed by atoms with Crippen molar-refractivity contribution in [3.63, 3.8) is 0 Å². The first-order valence-corrected chi connectivity index (χ1v) is 4.85. The SMILES string of the molecule is CC(=CC(=O)O)c1ccccc1I. The van der Waals surface area contributed by atoms with E-state index in [1.165, 1.54) is 6.08 Å². The first kappa shape index (κ1) is 10.2. The number of rotatable bonds is 2. The Morgan fingerprint density at radius 1 is 1.46 bits per heavy atom. The van der Waals surface area contributed by atoms with Crippen LogP contribution in [0.2, 0.25) is 0 Å². The Bertz CT molecular complexity index is 356. The minimum Gasteiger partial charge on any atom is -0.478 e. The minimum absolute atomic E-state index is 0.775. The van der Waals surface area contributed by atoms with Crippen LogP contribution >= 0.6 is 22.6 Å². The third kappa shape index (κ3) is 2.84. The number of hydrogen-bond donors (Lipinski definition) is 1. The lowest BCUT2D eigenvalue weighted by Gasteiger charge is -2.02. The number of aliphatic carboxylic acids is 1. The lowest BCUT2D eigenvalue weighted by Crippen LogP contribution is -1.91. The Labute approximate surface area is 90.4 Å². The van der Waals surface area contributed by atoms with Gasteiger partial charge in [-0.15, -0.1) is 0 Å². The van der Waals surface area contributed by atoms with E-state index in [1.807, 2.05) is 24.3 Å². The second kappa shape index (κ2) is 4.41. The zero-order valence-electron chi connectivity index (χ0n) is 7.12. The van der Waals surface area contributed by atoms with Gasteiger partial charge in [-0.1, -0.05) is 18.2 Å². The summed E-state index contributed by atoms with van der Waals surface area (Å²) in [6.45, 7) is 1.80. The minimum atomic E-state index is -0.905. The van der Waals surface area contributed by atoms with Crippen molar-refractivity contribution in [3.8, 4) is 0 Å². The molecule has 0 aromatic heterocycles. The summed E-state index contributed by atoms with van der Waals surface area (Å²) in [5.41, 5.74) is 1.75. The molecule has 0 spiro atoms. The topological polar surface area (TPSA) is 37.3 Å². The van der Waals surface area contributed by atoms with Gasteiger partial charge in [0.15, 0.2) is 0 Å². The molecule has 0 amide bonds. The van der Waals surface area contributed by atoms with E-state index in [0.29, 0.717) is 0 Å². The Morgan fingerprint density at radius 2 is 2.08 bits per heavy atom. The van der Waals surface area contributed by atoms with Crippen LogP contribution in [-0.2, 0) is 4.79 Å². The predicted octanol–water partition coefficient (Wildman–Crippen LogP) is 2.78. The molecule has 0 saturated carbocycles. The van der Waals surface area contributed by atoms with Crippen LogP contribution in [0.25, 0.3) is 5.57 Å². The number of carboxylic acid groups (broad SMARTS) is 1. The van der Waals surface area contributed by atoms with Gasteiger partial charge in [0.25, 0.3) is 0 Å². The second-order valence-corrected chi connectivity index (χ2v) is 3.81. The molecular weight excluding hydrogens is 279 g/mol. The van der Waals surface area contributed by atoms with Gasteiger partial charge >= 0.3 is 5.97 Å². The van der Waals surface area contributed by atoms with Crippen molar-refractivity contribution in [2.45, 2.75) is 6.92 Å². The summed E-state index contributed by atoms with van der Waals surface area (Å²) >= 11 is 2.19. The van der Waals surface area contributed by atoms with Crippen molar-refractivity contribution in [2.75, 3.05) is 0 Å². The van der Waals surface area contributed by atoms with Crippen LogP contribution in [0.5, 0.6) is 0 Å². The Hall–Kier alpha value is -0.840. The lowest BCUT2D eigenvalue weighted by atomic mass is 10.1. The van der Waals surface area contributed by atoms with Crippen molar-refractivity contribution >= 4 is 34.1 Å². The van der Waals surface area contributed by atoms with E-state index in [0.717, 1.165) is 14.7 Å². The number of carboxylic acids is 1. The molecule has 68 valence electrons. The molecule has 0 bridgehead atoms. The Morgan fingerprint density at radius 3 is 2.62 bits per heavy atom. The fourth-order valence-electron chi connectivity index (χ4n) is 1.04. The summed E-state index contributed by atoms with van der Waals surface area (Å²) in [6, 6.07) is 7.70. The predicted molar refractivity (Wildman–Crippen MR) is 60.4 cm³/mol. The van der Waals surface area contributed by atoms with Gasteiger partial charge in [-0.05, 0) is 46.7 Å². The maximum absolute atomic E-state index is 10.4. The van der Waals surface area contributed by atoms with Crippen LogP contribution in [0.4, 0.5) is 0 Å². The molecule has 1 N–H and O–H groups in total. The van der Waals surface area contributed by atoms with Gasteiger partial charge < -0.3 is 5.11 Å². The summed E-state index contributed by atoms with van der Waals surface area (Å²) in [4.78, 5) is 10.4. The van der Waals surface area contributed by atoms with E-state index >= 15 is 0 Å². The molecule has 0 fully saturated rings. The quantitative estimate of drug-likeness (QED) is 0.671. The molecule has 0 heterocycles. The Kier molecular flexibility index (Phi) is 3.48. The van der Waals surface area contributed by atoms with Crippen LogP contribution < -0.4 is 0 Å². The lowest BCUT2D eigenvalue weighted by molar-refractivity contribution is -0.131. The first-order valence-electron chi connectivity index (χ1n) is 3.77. The van der Waals surface area contributed by atoms with Crippen LogP contribution in [0.3, 0.4) is 0 Å². The summed E-state index contributed by atoms with van der Waals surface area (Å²) < 4.78 is 1.06. The largest absolute Gasteiger partial charge is 0.478 e. The average molecular weight is 288 g/mol. The monoisotopic (exact) mass is 288 g/mol. The van der Waals surface area contributed by atoms with Gasteiger partial charge in [-0.25, -0.2) is 4.79 Å². The van der Waals surface area contributed by atoms with Crippen LogP contribution in [-0.4, -0.2) is 11.1 Å². The van der Waals surface area contributed by atoms with Gasteiger partial charge in [0.2, 0.25) is 0 Å². The Balaban J connectivity index is 3.08. The summed E-state index contributed by atoms with van der Waals surface area (Å²) in [7, 11) is 0. The molecule has 0 atom stereocenters. The van der Waals surface area contributed by atoms with E-state index in [-0.39, 0.29) is 0 Å². The fraction of sp³-hybridized carbons (Fsp3) is 0.100. The zero-order valence-corrected chi connectivity index (χ0v) is 9.28. The fourth-order valence-corrected chi connectivity index (χ4v) is 1.86. The van der Waals surface area contributed by atoms with Gasteiger partial charge in [0, 0.05) is 9.65 Å². The second-order valence-electron chi connectivity index (χ2n) is 2.65. The van der Waals surface area contributed by atoms with Gasteiger partial charge in [-0.3, -0.25) is 0 Å². The molecule has 0 unspecified atom stereocenters. The molecule has 0 aliphatic rings. The molecule has 0 radical (unpaired) electrons. The third-order valence-corrected chi connectivity index (χ3v) is 2.58. The summed E-state index contributed by atoms with van der Waals surface area (Å²) in [5, 5.41) is 8.56. The summed E-state index contributed by atoms with van der Waals surface area (Å²) in [6.07, 6.45) is 1.22. The number of benzene rings is 1. The van der Waals surface area contributed by atoms with Crippen LogP contribution in [0.15, 0.2) is 30.3 Å². The van der Waals surface area contributed by atoms with E-state index in [9.17, 15) is 4.79 Å². The first-order chi connectivity index (χ1) is 6.11. The molecule has 3 heteroatoms. The number of halogens is 1. The normalized spacial score (nSPS) is 11.4. The number of allylic oxidation sites excluding steroid dienone is 1. The van der Waals surface area contributed by atoms with E-state index < -0.39 is 5.97 Å². The van der Waals surface area contributed by atoms with Crippen molar-refractivity contribution in [2.24, 2.45) is 0 Å². The van der Waals surface area contributed by atoms with Crippen LogP contribution in [0.1, 0.15) is 12.5 Å². The third-order valence-electron chi connectivity index (χ3n) is 1.64. The molecular formula is C10H9IO2. The van der Waals surface area contributed by atoms with Gasteiger partial charge in [0.1, 0.15) is 0 Å². The maximum atomic E-state index is 10.4. The van der Waals surface area contributed by atoms with E-state index in [1.54, 1.807) is 6.92 Å². The zero-order chi connectivity index (χ0) is 9.84. The van der Waals surface area contributed by atoms with E-state index in [2.05, 4.69) is 22.6 Å². The van der Waals surface area contributed by atoms with E-state index in [4.69, 9.17) is 5.11 Å². The number of hydrogen-bond acceptors (Lipinski definition) is 1.